The van der Waals surface area contributed by atoms with Crippen LogP contribution in [-0.4, -0.2) is 23.3 Å². The van der Waals surface area contributed by atoms with Crippen molar-refractivity contribution in [1.82, 2.24) is 5.32 Å². The molecule has 0 aromatic heterocycles. The SMILES string of the molecule is CCOc1cc(C2C3=C(CC(C)(C)CC3=O)NC3=C2C(=O)CC(C)(C)C3)ccc1O. The molecule has 0 radical (unpaired) electrons. The number of hydrogen-bond donors (Lipinski definition) is 2. The minimum absolute atomic E-state index is 0.0603. The summed E-state index contributed by atoms with van der Waals surface area (Å²) < 4.78 is 5.59. The maximum absolute atomic E-state index is 13.3. The molecule has 5 nitrogen and oxygen atoms in total. The number of ether oxygens (including phenoxy) is 1. The largest absolute Gasteiger partial charge is 0.504 e. The van der Waals surface area contributed by atoms with Crippen LogP contribution in [0.5, 0.6) is 11.5 Å². The Morgan fingerprint density at radius 2 is 1.50 bits per heavy atom. The van der Waals surface area contributed by atoms with E-state index in [0.717, 1.165) is 29.8 Å². The van der Waals surface area contributed by atoms with Crippen molar-refractivity contribution >= 4 is 11.6 Å². The molecule has 5 heteroatoms. The lowest BCUT2D eigenvalue weighted by Crippen LogP contribution is -2.42. The van der Waals surface area contributed by atoms with Crippen molar-refractivity contribution in [2.24, 2.45) is 10.8 Å². The van der Waals surface area contributed by atoms with Gasteiger partial charge in [0.25, 0.3) is 0 Å². The number of phenolic OH excluding ortho intramolecular Hbond substituents is 1. The molecular formula is C25H31NO4. The Morgan fingerprint density at radius 3 is 2.00 bits per heavy atom. The van der Waals surface area contributed by atoms with Gasteiger partial charge in [-0.05, 0) is 48.3 Å². The lowest BCUT2D eigenvalue weighted by Gasteiger charge is -2.44. The van der Waals surface area contributed by atoms with E-state index in [1.165, 1.54) is 0 Å². The van der Waals surface area contributed by atoms with Crippen molar-refractivity contribution in [1.29, 1.82) is 0 Å². The number of carbonyl (C=O) groups excluding carboxylic acids is 2. The van der Waals surface area contributed by atoms with Crippen molar-refractivity contribution < 1.29 is 19.4 Å². The number of phenols is 1. The van der Waals surface area contributed by atoms with Crippen molar-refractivity contribution in [3.63, 3.8) is 0 Å². The zero-order chi connectivity index (χ0) is 21.8. The molecule has 0 atom stereocenters. The number of ketones is 2. The van der Waals surface area contributed by atoms with Crippen LogP contribution in [0.15, 0.2) is 40.7 Å². The molecule has 4 rings (SSSR count). The van der Waals surface area contributed by atoms with Gasteiger partial charge in [-0.3, -0.25) is 9.59 Å². The monoisotopic (exact) mass is 409 g/mol. The lowest BCUT2D eigenvalue weighted by molar-refractivity contribution is -0.119. The summed E-state index contributed by atoms with van der Waals surface area (Å²) in [6.45, 7) is 10.7. The van der Waals surface area contributed by atoms with Crippen LogP contribution in [0.1, 0.15) is 71.8 Å². The fraction of sp³-hybridized carbons (Fsp3) is 0.520. The van der Waals surface area contributed by atoms with E-state index in [1.54, 1.807) is 12.1 Å². The lowest BCUT2D eigenvalue weighted by atomic mass is 9.64. The molecule has 0 unspecified atom stereocenters. The van der Waals surface area contributed by atoms with Gasteiger partial charge in [-0.1, -0.05) is 33.8 Å². The topological polar surface area (TPSA) is 75.6 Å². The van der Waals surface area contributed by atoms with Gasteiger partial charge in [-0.25, -0.2) is 0 Å². The van der Waals surface area contributed by atoms with Gasteiger partial charge in [0, 0.05) is 41.3 Å². The Morgan fingerprint density at radius 1 is 0.967 bits per heavy atom. The molecule has 0 bridgehead atoms. The van der Waals surface area contributed by atoms with E-state index in [4.69, 9.17) is 4.74 Å². The number of benzene rings is 1. The molecule has 0 saturated carbocycles. The minimum atomic E-state index is -0.414. The Labute approximate surface area is 178 Å². The highest BCUT2D eigenvalue weighted by Crippen LogP contribution is 2.51. The van der Waals surface area contributed by atoms with Crippen molar-refractivity contribution in [3.05, 3.63) is 46.3 Å². The summed E-state index contributed by atoms with van der Waals surface area (Å²) in [4.78, 5) is 26.6. The second kappa shape index (κ2) is 7.00. The molecule has 3 aliphatic rings. The molecule has 2 N–H and O–H groups in total. The second-order valence-corrected chi connectivity index (χ2v) is 10.4. The first-order valence-corrected chi connectivity index (χ1v) is 10.8. The molecule has 160 valence electrons. The Balaban J connectivity index is 1.91. The average molecular weight is 410 g/mol. The molecule has 1 aromatic carbocycles. The first-order chi connectivity index (χ1) is 14.0. The van der Waals surface area contributed by atoms with Gasteiger partial charge in [0.15, 0.2) is 23.1 Å². The van der Waals surface area contributed by atoms with Crippen LogP contribution >= 0.6 is 0 Å². The summed E-state index contributed by atoms with van der Waals surface area (Å²) in [5, 5.41) is 13.7. The Kier molecular flexibility index (Phi) is 4.83. The van der Waals surface area contributed by atoms with E-state index in [0.29, 0.717) is 36.3 Å². The fourth-order valence-electron chi connectivity index (χ4n) is 5.20. The van der Waals surface area contributed by atoms with E-state index < -0.39 is 5.92 Å². The second-order valence-electron chi connectivity index (χ2n) is 10.4. The normalized spacial score (nSPS) is 23.1. The number of allylic oxidation sites excluding steroid dienone is 4. The summed E-state index contributed by atoms with van der Waals surface area (Å²) in [5.74, 6) is 0.210. The first-order valence-electron chi connectivity index (χ1n) is 10.8. The molecule has 0 fully saturated rings. The number of dihydropyridines is 1. The van der Waals surface area contributed by atoms with Gasteiger partial charge in [0.1, 0.15) is 0 Å². The van der Waals surface area contributed by atoms with Crippen molar-refractivity contribution in [2.75, 3.05) is 6.61 Å². The van der Waals surface area contributed by atoms with Gasteiger partial charge < -0.3 is 15.2 Å². The van der Waals surface area contributed by atoms with Crippen LogP contribution in [0, 0.1) is 10.8 Å². The van der Waals surface area contributed by atoms with Crippen LogP contribution in [0.2, 0.25) is 0 Å². The van der Waals surface area contributed by atoms with Gasteiger partial charge in [0.2, 0.25) is 0 Å². The van der Waals surface area contributed by atoms with E-state index in [1.807, 2.05) is 13.0 Å². The third-order valence-electron chi connectivity index (χ3n) is 6.34. The molecule has 0 amide bonds. The number of carbonyl (C=O) groups is 2. The predicted molar refractivity (Wildman–Crippen MR) is 115 cm³/mol. The van der Waals surface area contributed by atoms with E-state index in [-0.39, 0.29) is 28.1 Å². The Hall–Kier alpha value is -2.56. The summed E-state index contributed by atoms with van der Waals surface area (Å²) in [5.41, 5.74) is 3.87. The highest BCUT2D eigenvalue weighted by molar-refractivity contribution is 6.06. The standard InChI is InChI=1S/C25H31NO4/c1-6-30-20-9-14(7-8-17(20)27)21-22-15(10-24(2,3)12-18(22)28)26-16-11-25(4,5)13-19(29)23(16)21/h7-9,21,26-27H,6,10-13H2,1-5H3. The Bertz CT molecular complexity index is 944. The van der Waals surface area contributed by atoms with Gasteiger partial charge in [-0.2, -0.15) is 0 Å². The molecule has 1 aliphatic heterocycles. The third kappa shape index (κ3) is 3.55. The molecule has 2 aliphatic carbocycles. The van der Waals surface area contributed by atoms with Gasteiger partial charge >= 0.3 is 0 Å². The number of nitrogens with one attached hydrogen (secondary N) is 1. The van der Waals surface area contributed by atoms with Crippen LogP contribution in [0.3, 0.4) is 0 Å². The summed E-state index contributed by atoms with van der Waals surface area (Å²) in [7, 11) is 0. The molecule has 1 heterocycles. The number of rotatable bonds is 3. The molecule has 1 aromatic rings. The van der Waals surface area contributed by atoms with E-state index in [2.05, 4.69) is 33.0 Å². The maximum Gasteiger partial charge on any atom is 0.162 e. The van der Waals surface area contributed by atoms with E-state index in [9.17, 15) is 14.7 Å². The van der Waals surface area contributed by atoms with Crippen LogP contribution < -0.4 is 10.1 Å². The number of hydrogen-bond acceptors (Lipinski definition) is 5. The zero-order valence-corrected chi connectivity index (χ0v) is 18.5. The number of Topliss-reactive ketones (excluding diaryl/α,β-unsaturated/α-hetero) is 2. The molecule has 0 spiro atoms. The van der Waals surface area contributed by atoms with Crippen LogP contribution in [0.4, 0.5) is 0 Å². The zero-order valence-electron chi connectivity index (χ0n) is 18.5. The highest BCUT2D eigenvalue weighted by Gasteiger charge is 2.46. The predicted octanol–water partition coefficient (Wildman–Crippen LogP) is 4.76. The van der Waals surface area contributed by atoms with Crippen LogP contribution in [0.25, 0.3) is 0 Å². The summed E-state index contributed by atoms with van der Waals surface area (Å²) in [6.07, 6.45) is 2.46. The molecule has 0 saturated heterocycles. The van der Waals surface area contributed by atoms with E-state index >= 15 is 0 Å². The van der Waals surface area contributed by atoms with Crippen molar-refractivity contribution in [2.45, 2.75) is 66.2 Å². The van der Waals surface area contributed by atoms with Crippen molar-refractivity contribution in [3.8, 4) is 11.5 Å². The summed E-state index contributed by atoms with van der Waals surface area (Å²) in [6, 6.07) is 5.19. The molecular weight excluding hydrogens is 378 g/mol. The van der Waals surface area contributed by atoms with Gasteiger partial charge in [-0.15, -0.1) is 0 Å². The average Bonchev–Trinajstić information content (AvgIpc) is 2.60. The van der Waals surface area contributed by atoms with Gasteiger partial charge in [0.05, 0.1) is 6.61 Å². The molecule has 30 heavy (non-hydrogen) atoms. The first kappa shape index (κ1) is 20.7. The fourth-order valence-corrected chi connectivity index (χ4v) is 5.20. The minimum Gasteiger partial charge on any atom is -0.504 e. The highest BCUT2D eigenvalue weighted by atomic mass is 16.5. The quantitative estimate of drug-likeness (QED) is 0.752. The maximum atomic E-state index is 13.3. The smallest absolute Gasteiger partial charge is 0.162 e. The third-order valence-corrected chi connectivity index (χ3v) is 6.34. The summed E-state index contributed by atoms with van der Waals surface area (Å²) >= 11 is 0. The number of aromatic hydroxyl groups is 1. The van der Waals surface area contributed by atoms with Crippen LogP contribution in [-0.2, 0) is 9.59 Å².